The molecule has 2 aromatic carbocycles. The number of aromatic nitrogens is 4. The normalized spacial score (nSPS) is 16.1. The van der Waals surface area contributed by atoms with E-state index in [-0.39, 0.29) is 17.5 Å². The minimum Gasteiger partial charge on any atom is -0.505 e. The summed E-state index contributed by atoms with van der Waals surface area (Å²) in [7, 11) is 3.99. The fourth-order valence-electron chi connectivity index (χ4n) is 7.70. The third kappa shape index (κ3) is 4.75. The second-order valence-corrected chi connectivity index (χ2v) is 13.1. The van der Waals surface area contributed by atoms with Crippen LogP contribution in [0.2, 0.25) is 0 Å². The second-order valence-electron chi connectivity index (χ2n) is 13.1. The highest BCUT2D eigenvalue weighted by Gasteiger charge is 2.44. The molecule has 2 saturated carbocycles. The summed E-state index contributed by atoms with van der Waals surface area (Å²) in [6, 6.07) is 18.6. The van der Waals surface area contributed by atoms with Crippen molar-refractivity contribution < 1.29 is 18.7 Å². The van der Waals surface area contributed by atoms with Crippen LogP contribution in [0.3, 0.4) is 0 Å². The van der Waals surface area contributed by atoms with Gasteiger partial charge in [0.05, 0.1) is 34.2 Å². The number of furan rings is 1. The van der Waals surface area contributed by atoms with Gasteiger partial charge in [-0.2, -0.15) is 0 Å². The molecule has 4 aromatic heterocycles. The second kappa shape index (κ2) is 11.0. The molecule has 0 atom stereocenters. The van der Waals surface area contributed by atoms with Crippen LogP contribution < -0.4 is 5.32 Å². The van der Waals surface area contributed by atoms with E-state index in [0.717, 1.165) is 76.8 Å². The zero-order valence-electron chi connectivity index (χ0n) is 26.5. The van der Waals surface area contributed by atoms with Crippen LogP contribution in [0, 0.1) is 5.82 Å². The van der Waals surface area contributed by atoms with Gasteiger partial charge in [-0.25, -0.2) is 9.37 Å². The lowest BCUT2D eigenvalue weighted by molar-refractivity contribution is 0.0805. The monoisotopic (exact) mass is 629 g/mol. The summed E-state index contributed by atoms with van der Waals surface area (Å²) in [5, 5.41) is 14.2. The van der Waals surface area contributed by atoms with Gasteiger partial charge in [0, 0.05) is 36.1 Å². The topological polar surface area (TPSA) is 98.1 Å². The van der Waals surface area contributed by atoms with E-state index in [1.165, 1.54) is 30.7 Å². The van der Waals surface area contributed by atoms with E-state index in [4.69, 9.17) is 9.40 Å². The SMILES string of the molecule is C=C(O)c1ccc(-c2ccc3nc(C4(NC(=O)c5ccc6c(C7CCCC7)c(-c7ccc(F)cn7)n(C)c6c5)CCC4)n(C)c3c2)o1. The molecular formula is C38H36FN5O3. The van der Waals surface area contributed by atoms with Crippen LogP contribution in [0.4, 0.5) is 4.39 Å². The van der Waals surface area contributed by atoms with Crippen molar-refractivity contribution in [3.63, 3.8) is 0 Å². The predicted octanol–water partition coefficient (Wildman–Crippen LogP) is 8.52. The Morgan fingerprint density at radius 3 is 2.49 bits per heavy atom. The van der Waals surface area contributed by atoms with Crippen molar-refractivity contribution in [1.82, 2.24) is 24.4 Å². The van der Waals surface area contributed by atoms with E-state index in [2.05, 4.69) is 32.1 Å². The summed E-state index contributed by atoms with van der Waals surface area (Å²) >= 11 is 0. The zero-order chi connectivity index (χ0) is 32.4. The number of pyridine rings is 1. The van der Waals surface area contributed by atoms with Gasteiger partial charge in [0.2, 0.25) is 0 Å². The molecule has 238 valence electrons. The number of carbonyl (C=O) groups is 1. The van der Waals surface area contributed by atoms with Crippen molar-refractivity contribution in [2.75, 3.05) is 0 Å². The minimum atomic E-state index is -0.584. The first-order valence-corrected chi connectivity index (χ1v) is 16.2. The predicted molar refractivity (Wildman–Crippen MR) is 180 cm³/mol. The molecule has 0 bridgehead atoms. The van der Waals surface area contributed by atoms with Gasteiger partial charge in [-0.15, -0.1) is 0 Å². The minimum absolute atomic E-state index is 0.117. The number of fused-ring (bicyclic) bond motifs is 2. The highest BCUT2D eigenvalue weighted by Crippen LogP contribution is 2.45. The Morgan fingerprint density at radius 1 is 1.00 bits per heavy atom. The molecule has 6 aromatic rings. The van der Waals surface area contributed by atoms with E-state index >= 15 is 0 Å². The molecule has 9 heteroatoms. The Hall–Kier alpha value is -5.18. The van der Waals surface area contributed by atoms with E-state index < -0.39 is 5.54 Å². The van der Waals surface area contributed by atoms with Gasteiger partial charge in [0.1, 0.15) is 17.4 Å². The lowest BCUT2D eigenvalue weighted by atomic mass is 9.75. The van der Waals surface area contributed by atoms with Gasteiger partial charge in [-0.1, -0.05) is 25.5 Å². The van der Waals surface area contributed by atoms with Crippen molar-refractivity contribution in [2.45, 2.75) is 56.4 Å². The van der Waals surface area contributed by atoms with Crippen LogP contribution in [-0.2, 0) is 19.6 Å². The van der Waals surface area contributed by atoms with Crippen molar-refractivity contribution in [1.29, 1.82) is 0 Å². The smallest absolute Gasteiger partial charge is 0.252 e. The molecule has 2 aliphatic carbocycles. The van der Waals surface area contributed by atoms with Crippen molar-refractivity contribution in [2.24, 2.45) is 14.1 Å². The molecule has 2 fully saturated rings. The summed E-state index contributed by atoms with van der Waals surface area (Å²) in [6.07, 6.45) is 8.44. The van der Waals surface area contributed by atoms with E-state index in [9.17, 15) is 14.3 Å². The third-order valence-corrected chi connectivity index (χ3v) is 10.3. The molecule has 1 amide bonds. The number of aliphatic hydroxyl groups is 1. The Bertz CT molecular complexity index is 2200. The molecule has 4 heterocycles. The molecule has 8 nitrogen and oxygen atoms in total. The number of nitrogens with one attached hydrogen (secondary N) is 1. The third-order valence-electron chi connectivity index (χ3n) is 10.3. The summed E-state index contributed by atoms with van der Waals surface area (Å²) in [6.45, 7) is 3.54. The number of rotatable bonds is 7. The lowest BCUT2D eigenvalue weighted by Gasteiger charge is -2.41. The standard InChI is InChI=1S/C38H36FN5O3/c1-22(45)32-15-16-33(47-32)24-10-13-28-31(19-24)44(3)37(41-28)38(17-6-18-38)42-36(46)25-9-12-27-30(20-25)43(2)35(29-14-11-26(39)21-40-29)34(27)23-7-4-5-8-23/h9-16,19-21,23,45H,1,4-8,17-18H2,2-3H3,(H,42,46). The van der Waals surface area contributed by atoms with E-state index in [1.807, 2.05) is 50.5 Å². The lowest BCUT2D eigenvalue weighted by Crippen LogP contribution is -2.52. The molecule has 8 rings (SSSR count). The zero-order valence-corrected chi connectivity index (χ0v) is 26.5. The number of amides is 1. The Morgan fingerprint density at radius 2 is 1.81 bits per heavy atom. The summed E-state index contributed by atoms with van der Waals surface area (Å²) in [5.74, 6) is 1.55. The Balaban J connectivity index is 1.14. The van der Waals surface area contributed by atoms with Gasteiger partial charge >= 0.3 is 0 Å². The summed E-state index contributed by atoms with van der Waals surface area (Å²) in [4.78, 5) is 23.5. The van der Waals surface area contributed by atoms with Crippen LogP contribution >= 0.6 is 0 Å². The number of benzene rings is 2. The molecule has 2 aliphatic rings. The number of hydrogen-bond acceptors (Lipinski definition) is 5. The molecule has 0 spiro atoms. The number of hydrogen-bond donors (Lipinski definition) is 2. The average molecular weight is 630 g/mol. The number of imidazole rings is 1. The van der Waals surface area contributed by atoms with Crippen LogP contribution in [0.5, 0.6) is 0 Å². The molecular weight excluding hydrogens is 593 g/mol. The van der Waals surface area contributed by atoms with Crippen molar-refractivity contribution in [3.05, 3.63) is 102 Å². The first kappa shape index (κ1) is 29.2. The molecule has 0 saturated heterocycles. The fraction of sp³-hybridized carbons (Fsp3) is 0.289. The van der Waals surface area contributed by atoms with Crippen molar-refractivity contribution in [3.8, 4) is 22.7 Å². The molecule has 0 unspecified atom stereocenters. The van der Waals surface area contributed by atoms with Crippen LogP contribution in [0.15, 0.2) is 77.9 Å². The van der Waals surface area contributed by atoms with Crippen LogP contribution in [0.25, 0.3) is 50.4 Å². The molecule has 0 aliphatic heterocycles. The first-order chi connectivity index (χ1) is 22.7. The Kier molecular flexibility index (Phi) is 6.82. The average Bonchev–Trinajstić information content (AvgIpc) is 3.86. The number of nitrogens with zero attached hydrogens (tertiary/aromatic N) is 4. The van der Waals surface area contributed by atoms with Gasteiger partial charge in [0.15, 0.2) is 11.5 Å². The Labute approximate surface area is 271 Å². The summed E-state index contributed by atoms with van der Waals surface area (Å²) in [5.41, 5.74) is 6.54. The number of halogens is 1. The van der Waals surface area contributed by atoms with Crippen molar-refractivity contribution >= 4 is 33.6 Å². The maximum atomic E-state index is 14.0. The van der Waals surface area contributed by atoms with Crippen LogP contribution in [0.1, 0.15) is 78.4 Å². The van der Waals surface area contributed by atoms with Gasteiger partial charge in [0.25, 0.3) is 5.91 Å². The summed E-state index contributed by atoms with van der Waals surface area (Å²) < 4.78 is 23.8. The van der Waals surface area contributed by atoms with Gasteiger partial charge in [-0.05, 0) is 98.2 Å². The van der Waals surface area contributed by atoms with E-state index in [0.29, 0.717) is 23.0 Å². The largest absolute Gasteiger partial charge is 0.505 e. The number of carbonyl (C=O) groups excluding carboxylic acids is 1. The first-order valence-electron chi connectivity index (χ1n) is 16.2. The fourth-order valence-corrected chi connectivity index (χ4v) is 7.70. The maximum Gasteiger partial charge on any atom is 0.252 e. The molecule has 47 heavy (non-hydrogen) atoms. The maximum absolute atomic E-state index is 14.0. The quantitative estimate of drug-likeness (QED) is 0.173. The van der Waals surface area contributed by atoms with E-state index in [1.54, 1.807) is 12.1 Å². The molecule has 0 radical (unpaired) electrons. The van der Waals surface area contributed by atoms with Crippen LogP contribution in [-0.4, -0.2) is 30.1 Å². The van der Waals surface area contributed by atoms with Gasteiger partial charge in [-0.3, -0.25) is 9.78 Å². The number of aryl methyl sites for hydroxylation is 2. The highest BCUT2D eigenvalue weighted by molar-refractivity contribution is 6.01. The number of aliphatic hydroxyl groups excluding tert-OH is 1. The highest BCUT2D eigenvalue weighted by atomic mass is 19.1. The van der Waals surface area contributed by atoms with Gasteiger partial charge < -0.3 is 24.0 Å². The molecule has 2 N–H and O–H groups in total.